The van der Waals surface area contributed by atoms with Crippen molar-refractivity contribution in [2.24, 2.45) is 11.8 Å². The van der Waals surface area contributed by atoms with E-state index in [0.717, 1.165) is 18.4 Å². The van der Waals surface area contributed by atoms with E-state index >= 15 is 0 Å². The predicted octanol–water partition coefficient (Wildman–Crippen LogP) is 3.95. The highest BCUT2D eigenvalue weighted by atomic mass is 19.3. The third-order valence-electron chi connectivity index (χ3n) is 3.83. The van der Waals surface area contributed by atoms with Gasteiger partial charge in [-0.25, -0.2) is 0 Å². The lowest BCUT2D eigenvalue weighted by Crippen LogP contribution is -2.35. The molecule has 0 fully saturated rings. The first kappa shape index (κ1) is 20.4. The second-order valence-electron chi connectivity index (χ2n) is 6.54. The first-order valence-corrected chi connectivity index (χ1v) is 8.27. The van der Waals surface area contributed by atoms with Crippen molar-refractivity contribution >= 4 is 5.97 Å². The van der Waals surface area contributed by atoms with Crippen LogP contribution in [-0.2, 0) is 11.2 Å². The van der Waals surface area contributed by atoms with E-state index in [-0.39, 0.29) is 17.7 Å². The Labute approximate surface area is 142 Å². The first-order chi connectivity index (χ1) is 11.3. The Bertz CT molecular complexity index is 492. The molecule has 0 bridgehead atoms. The molecule has 136 valence electrons. The van der Waals surface area contributed by atoms with Gasteiger partial charge in [0.25, 0.3) is 0 Å². The molecular weight excluding hydrogens is 316 g/mol. The highest BCUT2D eigenvalue weighted by Crippen LogP contribution is 2.16. The maximum absolute atomic E-state index is 12.1. The van der Waals surface area contributed by atoms with Crippen molar-refractivity contribution in [3.8, 4) is 5.75 Å². The van der Waals surface area contributed by atoms with E-state index in [9.17, 15) is 18.7 Å². The summed E-state index contributed by atoms with van der Waals surface area (Å²) in [5.74, 6) is -0.647. The summed E-state index contributed by atoms with van der Waals surface area (Å²) in [7, 11) is 0. The zero-order valence-corrected chi connectivity index (χ0v) is 14.5. The molecule has 0 aliphatic rings. The standard InChI is InChI=1S/C18H27F2NO3/c1-12(2)10-15(17(22)23)11-21-13(3)4-5-14-6-8-16(9-7-14)24-18(19)20/h6-9,12-13,15,18,21H,4-5,10-11H2,1-3H3,(H,22,23). The normalized spacial score (nSPS) is 14.0. The molecule has 4 nitrogen and oxygen atoms in total. The monoisotopic (exact) mass is 343 g/mol. The Morgan fingerprint density at radius 1 is 1.21 bits per heavy atom. The van der Waals surface area contributed by atoms with Gasteiger partial charge in [-0.15, -0.1) is 0 Å². The summed E-state index contributed by atoms with van der Waals surface area (Å²) in [5, 5.41) is 12.5. The van der Waals surface area contributed by atoms with Gasteiger partial charge in [-0.2, -0.15) is 8.78 Å². The summed E-state index contributed by atoms with van der Waals surface area (Å²) in [6.07, 6.45) is 2.27. The van der Waals surface area contributed by atoms with Crippen LogP contribution < -0.4 is 10.1 Å². The predicted molar refractivity (Wildman–Crippen MR) is 89.4 cm³/mol. The maximum Gasteiger partial charge on any atom is 0.387 e. The van der Waals surface area contributed by atoms with Crippen LogP contribution in [0.1, 0.15) is 39.2 Å². The molecule has 2 N–H and O–H groups in total. The van der Waals surface area contributed by atoms with Crippen LogP contribution >= 0.6 is 0 Å². The summed E-state index contributed by atoms with van der Waals surface area (Å²) in [5.41, 5.74) is 1.03. The number of aryl methyl sites for hydroxylation is 1. The molecule has 2 unspecified atom stereocenters. The summed E-state index contributed by atoms with van der Waals surface area (Å²) < 4.78 is 28.5. The van der Waals surface area contributed by atoms with Crippen molar-refractivity contribution in [1.82, 2.24) is 5.32 Å². The number of rotatable bonds is 11. The Kier molecular flexibility index (Phi) is 8.68. The zero-order chi connectivity index (χ0) is 18.1. The number of carboxylic acid groups (broad SMARTS) is 1. The van der Waals surface area contributed by atoms with Crippen LogP contribution in [0, 0.1) is 11.8 Å². The molecule has 1 rings (SSSR count). The van der Waals surface area contributed by atoms with Crippen LogP contribution in [-0.4, -0.2) is 30.3 Å². The van der Waals surface area contributed by atoms with Crippen LogP contribution in [0.2, 0.25) is 0 Å². The highest BCUT2D eigenvalue weighted by Gasteiger charge is 2.19. The van der Waals surface area contributed by atoms with Crippen molar-refractivity contribution in [3.05, 3.63) is 29.8 Å². The third kappa shape index (κ3) is 8.24. The quantitative estimate of drug-likeness (QED) is 0.639. The van der Waals surface area contributed by atoms with E-state index in [0.29, 0.717) is 18.9 Å². The zero-order valence-electron chi connectivity index (χ0n) is 14.5. The fraction of sp³-hybridized carbons (Fsp3) is 0.611. The maximum atomic E-state index is 12.1. The fourth-order valence-corrected chi connectivity index (χ4v) is 2.51. The number of halogens is 2. The van der Waals surface area contributed by atoms with E-state index in [1.807, 2.05) is 20.8 Å². The number of hydrogen-bond donors (Lipinski definition) is 2. The van der Waals surface area contributed by atoms with Gasteiger partial charge in [0, 0.05) is 12.6 Å². The summed E-state index contributed by atoms with van der Waals surface area (Å²) in [6.45, 7) is 3.69. The molecule has 2 atom stereocenters. The van der Waals surface area contributed by atoms with Gasteiger partial charge >= 0.3 is 12.6 Å². The molecule has 6 heteroatoms. The van der Waals surface area contributed by atoms with Crippen LogP contribution in [0.3, 0.4) is 0 Å². The van der Waals surface area contributed by atoms with Crippen LogP contribution in [0.5, 0.6) is 5.75 Å². The molecular formula is C18H27F2NO3. The van der Waals surface area contributed by atoms with Crippen LogP contribution in [0.15, 0.2) is 24.3 Å². The number of hydrogen-bond acceptors (Lipinski definition) is 3. The smallest absolute Gasteiger partial charge is 0.387 e. The molecule has 0 radical (unpaired) electrons. The number of ether oxygens (including phenoxy) is 1. The van der Waals surface area contributed by atoms with Gasteiger partial charge < -0.3 is 15.2 Å². The van der Waals surface area contributed by atoms with E-state index in [2.05, 4.69) is 10.1 Å². The molecule has 0 aromatic heterocycles. The molecule has 1 aromatic carbocycles. The average Bonchev–Trinajstić information content (AvgIpc) is 2.49. The Hall–Kier alpha value is -1.69. The van der Waals surface area contributed by atoms with Crippen LogP contribution in [0.25, 0.3) is 0 Å². The van der Waals surface area contributed by atoms with Gasteiger partial charge in [0.2, 0.25) is 0 Å². The summed E-state index contributed by atoms with van der Waals surface area (Å²) >= 11 is 0. The summed E-state index contributed by atoms with van der Waals surface area (Å²) in [4.78, 5) is 11.2. The molecule has 0 heterocycles. The van der Waals surface area contributed by atoms with Crippen LogP contribution in [0.4, 0.5) is 8.78 Å². The van der Waals surface area contributed by atoms with E-state index in [4.69, 9.17) is 0 Å². The Morgan fingerprint density at radius 3 is 2.33 bits per heavy atom. The highest BCUT2D eigenvalue weighted by molar-refractivity contribution is 5.70. The van der Waals surface area contributed by atoms with Gasteiger partial charge in [-0.05, 0) is 49.8 Å². The lowest BCUT2D eigenvalue weighted by molar-refractivity contribution is -0.142. The Morgan fingerprint density at radius 2 is 1.83 bits per heavy atom. The second-order valence-corrected chi connectivity index (χ2v) is 6.54. The van der Waals surface area contributed by atoms with Gasteiger partial charge in [0.1, 0.15) is 5.75 Å². The average molecular weight is 343 g/mol. The Balaban J connectivity index is 2.37. The third-order valence-corrected chi connectivity index (χ3v) is 3.83. The largest absolute Gasteiger partial charge is 0.481 e. The van der Waals surface area contributed by atoms with Crippen molar-refractivity contribution in [2.45, 2.75) is 52.7 Å². The fourth-order valence-electron chi connectivity index (χ4n) is 2.51. The van der Waals surface area contributed by atoms with Crippen molar-refractivity contribution < 1.29 is 23.4 Å². The van der Waals surface area contributed by atoms with E-state index in [1.165, 1.54) is 12.1 Å². The number of carboxylic acids is 1. The number of nitrogens with one attached hydrogen (secondary N) is 1. The molecule has 0 saturated carbocycles. The van der Waals surface area contributed by atoms with Gasteiger partial charge in [-0.1, -0.05) is 26.0 Å². The van der Waals surface area contributed by atoms with E-state index in [1.54, 1.807) is 12.1 Å². The number of aliphatic carboxylic acids is 1. The van der Waals surface area contributed by atoms with Crippen molar-refractivity contribution in [3.63, 3.8) is 0 Å². The van der Waals surface area contributed by atoms with Crippen molar-refractivity contribution in [1.29, 1.82) is 0 Å². The first-order valence-electron chi connectivity index (χ1n) is 8.27. The second kappa shape index (κ2) is 10.2. The molecule has 0 aliphatic heterocycles. The molecule has 1 aromatic rings. The summed E-state index contributed by atoms with van der Waals surface area (Å²) in [6, 6.07) is 6.77. The van der Waals surface area contributed by atoms with Crippen molar-refractivity contribution in [2.75, 3.05) is 6.54 Å². The SMILES string of the molecule is CC(C)CC(CNC(C)CCc1ccc(OC(F)F)cc1)C(=O)O. The van der Waals surface area contributed by atoms with E-state index < -0.39 is 12.6 Å². The molecule has 24 heavy (non-hydrogen) atoms. The lowest BCUT2D eigenvalue weighted by Gasteiger charge is -2.19. The molecule has 0 spiro atoms. The molecule has 0 amide bonds. The number of benzene rings is 1. The van der Waals surface area contributed by atoms with Gasteiger partial charge in [-0.3, -0.25) is 4.79 Å². The molecule has 0 aliphatic carbocycles. The molecule has 0 saturated heterocycles. The van der Waals surface area contributed by atoms with Gasteiger partial charge in [0.05, 0.1) is 5.92 Å². The minimum Gasteiger partial charge on any atom is -0.481 e. The topological polar surface area (TPSA) is 58.6 Å². The van der Waals surface area contributed by atoms with Gasteiger partial charge in [0.15, 0.2) is 0 Å². The lowest BCUT2D eigenvalue weighted by atomic mass is 9.96. The minimum atomic E-state index is -2.81. The number of carbonyl (C=O) groups is 1. The minimum absolute atomic E-state index is 0.151. The number of alkyl halides is 2.